The Morgan fingerprint density at radius 3 is 2.69 bits per heavy atom. The van der Waals surface area contributed by atoms with Gasteiger partial charge in [0.2, 0.25) is 11.8 Å². The Kier molecular flexibility index (Phi) is 10.0. The molecule has 0 unspecified atom stereocenters. The number of hydrogen-bond donors (Lipinski definition) is 2. The van der Waals surface area contributed by atoms with Crippen LogP contribution in [0.2, 0.25) is 0 Å². The van der Waals surface area contributed by atoms with E-state index in [4.69, 9.17) is 9.15 Å². The van der Waals surface area contributed by atoms with Gasteiger partial charge >= 0.3 is 0 Å². The van der Waals surface area contributed by atoms with Crippen LogP contribution in [-0.4, -0.2) is 29.6 Å². The highest BCUT2D eigenvalue weighted by Gasteiger charge is 2.08. The molecule has 0 radical (unpaired) electrons. The first-order chi connectivity index (χ1) is 12.1. The number of ether oxygens (including phenoxy) is 1. The smallest absolute Gasteiger partial charge is 0.218 e. The summed E-state index contributed by atoms with van der Waals surface area (Å²) in [5.74, 6) is 2.81. The van der Waals surface area contributed by atoms with Crippen LogP contribution in [0.1, 0.15) is 42.7 Å². The van der Waals surface area contributed by atoms with Gasteiger partial charge in [0, 0.05) is 25.4 Å². The van der Waals surface area contributed by atoms with E-state index in [1.54, 1.807) is 13.2 Å². The fourth-order valence-electron chi connectivity index (χ4n) is 2.18. The quantitative estimate of drug-likeness (QED) is 0.265. The molecule has 2 aromatic rings. The van der Waals surface area contributed by atoms with Crippen LogP contribution >= 0.6 is 24.0 Å². The first-order valence-corrected chi connectivity index (χ1v) is 8.58. The first kappa shape index (κ1) is 22.2. The van der Waals surface area contributed by atoms with Crippen LogP contribution in [0.3, 0.4) is 0 Å². The summed E-state index contributed by atoms with van der Waals surface area (Å²) in [6.45, 7) is 7.69. The van der Waals surface area contributed by atoms with Crippen LogP contribution in [0.5, 0.6) is 5.88 Å². The van der Waals surface area contributed by atoms with E-state index >= 15 is 0 Å². The largest absolute Gasteiger partial charge is 0.477 e. The Balaban J connectivity index is 0.00000338. The van der Waals surface area contributed by atoms with Gasteiger partial charge in [-0.15, -0.1) is 24.0 Å². The zero-order chi connectivity index (χ0) is 18.1. The Labute approximate surface area is 172 Å². The maximum absolute atomic E-state index is 5.75. The zero-order valence-corrected chi connectivity index (χ0v) is 18.2. The van der Waals surface area contributed by atoms with Crippen molar-refractivity contribution in [2.45, 2.75) is 46.7 Å². The van der Waals surface area contributed by atoms with Gasteiger partial charge in [0.25, 0.3) is 0 Å². The number of guanidine groups is 1. The van der Waals surface area contributed by atoms with Crippen molar-refractivity contribution in [1.82, 2.24) is 20.6 Å². The van der Waals surface area contributed by atoms with Crippen molar-refractivity contribution < 1.29 is 9.15 Å². The van der Waals surface area contributed by atoms with Crippen molar-refractivity contribution in [3.63, 3.8) is 0 Å². The number of hydrogen-bond acceptors (Lipinski definition) is 5. The molecule has 0 saturated carbocycles. The van der Waals surface area contributed by atoms with Gasteiger partial charge in [0.15, 0.2) is 5.96 Å². The molecule has 0 aliphatic rings. The molecule has 2 N–H and O–H groups in total. The third-order valence-electron chi connectivity index (χ3n) is 3.74. The van der Waals surface area contributed by atoms with Crippen molar-refractivity contribution in [2.75, 3.05) is 13.7 Å². The molecule has 144 valence electrons. The average molecular weight is 473 g/mol. The third-order valence-corrected chi connectivity index (χ3v) is 3.74. The lowest BCUT2D eigenvalue weighted by Gasteiger charge is -2.13. The standard InChI is InChI=1S/C18H27N5O2.HI/c1-5-6-10-24-17-15(8-7-9-20-17)11-21-18(19-4)22-12-16-23-13(2)14(3)25-16;/h7-9H,5-6,10-12H2,1-4H3,(H2,19,21,22);1H. The minimum absolute atomic E-state index is 0. The highest BCUT2D eigenvalue weighted by atomic mass is 127. The van der Waals surface area contributed by atoms with Crippen LogP contribution in [0, 0.1) is 13.8 Å². The van der Waals surface area contributed by atoms with E-state index in [2.05, 4.69) is 32.5 Å². The van der Waals surface area contributed by atoms with E-state index in [1.165, 1.54) is 0 Å². The van der Waals surface area contributed by atoms with E-state index in [0.717, 1.165) is 29.9 Å². The average Bonchev–Trinajstić information content (AvgIpc) is 2.94. The van der Waals surface area contributed by atoms with Crippen molar-refractivity contribution in [1.29, 1.82) is 0 Å². The van der Waals surface area contributed by atoms with Gasteiger partial charge < -0.3 is 19.8 Å². The maximum Gasteiger partial charge on any atom is 0.218 e. The SMILES string of the molecule is CCCCOc1ncccc1CNC(=NC)NCc1nc(C)c(C)o1.I. The topological polar surface area (TPSA) is 84.6 Å². The van der Waals surface area contributed by atoms with E-state index in [0.29, 0.717) is 37.4 Å². The molecule has 2 aromatic heterocycles. The Morgan fingerprint density at radius 2 is 2.04 bits per heavy atom. The van der Waals surface area contributed by atoms with Crippen LogP contribution in [0.4, 0.5) is 0 Å². The first-order valence-electron chi connectivity index (χ1n) is 8.58. The fourth-order valence-corrected chi connectivity index (χ4v) is 2.18. The van der Waals surface area contributed by atoms with Gasteiger partial charge in [-0.3, -0.25) is 4.99 Å². The number of pyridine rings is 1. The molecular weight excluding hydrogens is 445 g/mol. The molecule has 26 heavy (non-hydrogen) atoms. The lowest BCUT2D eigenvalue weighted by molar-refractivity contribution is 0.294. The number of nitrogens with zero attached hydrogens (tertiary/aromatic N) is 3. The number of aryl methyl sites for hydroxylation is 2. The van der Waals surface area contributed by atoms with Gasteiger partial charge in [-0.25, -0.2) is 9.97 Å². The van der Waals surface area contributed by atoms with Gasteiger partial charge in [-0.2, -0.15) is 0 Å². The second-order valence-corrected chi connectivity index (χ2v) is 5.70. The van der Waals surface area contributed by atoms with Crippen molar-refractivity contribution in [3.8, 4) is 5.88 Å². The molecule has 2 heterocycles. The Hall–Kier alpha value is -1.84. The minimum Gasteiger partial charge on any atom is -0.477 e. The van der Waals surface area contributed by atoms with Crippen molar-refractivity contribution in [2.24, 2.45) is 4.99 Å². The zero-order valence-electron chi connectivity index (χ0n) is 15.8. The number of aliphatic imine (C=N–C) groups is 1. The summed E-state index contributed by atoms with van der Waals surface area (Å²) in [5.41, 5.74) is 1.90. The highest BCUT2D eigenvalue weighted by Crippen LogP contribution is 2.14. The molecule has 0 amide bonds. The van der Waals surface area contributed by atoms with E-state index < -0.39 is 0 Å². The van der Waals surface area contributed by atoms with Gasteiger partial charge in [-0.05, 0) is 26.3 Å². The minimum atomic E-state index is 0. The van der Waals surface area contributed by atoms with E-state index in [9.17, 15) is 0 Å². The fraction of sp³-hybridized carbons (Fsp3) is 0.500. The second-order valence-electron chi connectivity index (χ2n) is 5.70. The summed E-state index contributed by atoms with van der Waals surface area (Å²) in [7, 11) is 1.73. The molecule has 2 rings (SSSR count). The summed E-state index contributed by atoms with van der Waals surface area (Å²) in [6, 6.07) is 3.90. The highest BCUT2D eigenvalue weighted by molar-refractivity contribution is 14.0. The number of halogens is 1. The summed E-state index contributed by atoms with van der Waals surface area (Å²) in [6.07, 6.45) is 3.85. The van der Waals surface area contributed by atoms with Crippen LogP contribution in [0.15, 0.2) is 27.7 Å². The predicted molar refractivity (Wildman–Crippen MR) is 113 cm³/mol. The van der Waals surface area contributed by atoms with Crippen molar-refractivity contribution >= 4 is 29.9 Å². The Morgan fingerprint density at radius 1 is 1.27 bits per heavy atom. The summed E-state index contributed by atoms with van der Waals surface area (Å²) in [5, 5.41) is 6.45. The number of aromatic nitrogens is 2. The Bertz CT molecular complexity index is 683. The van der Waals surface area contributed by atoms with Crippen LogP contribution in [-0.2, 0) is 13.1 Å². The van der Waals surface area contributed by atoms with Crippen LogP contribution in [0.25, 0.3) is 0 Å². The van der Waals surface area contributed by atoms with E-state index in [-0.39, 0.29) is 24.0 Å². The summed E-state index contributed by atoms with van der Waals surface area (Å²) >= 11 is 0. The third kappa shape index (κ3) is 6.81. The molecule has 0 fully saturated rings. The number of unbranched alkanes of at least 4 members (excludes halogenated alkanes) is 1. The molecule has 0 aliphatic carbocycles. The van der Waals surface area contributed by atoms with Crippen molar-refractivity contribution in [3.05, 3.63) is 41.2 Å². The van der Waals surface area contributed by atoms with Gasteiger partial charge in [0.05, 0.1) is 18.8 Å². The van der Waals surface area contributed by atoms with Gasteiger partial charge in [0.1, 0.15) is 5.76 Å². The molecule has 0 spiro atoms. The summed E-state index contributed by atoms with van der Waals surface area (Å²) < 4.78 is 11.3. The maximum atomic E-state index is 5.75. The molecule has 0 saturated heterocycles. The lowest BCUT2D eigenvalue weighted by Crippen LogP contribution is -2.36. The van der Waals surface area contributed by atoms with E-state index in [1.807, 2.05) is 26.0 Å². The molecule has 0 bridgehead atoms. The second kappa shape index (κ2) is 11.7. The number of oxazole rings is 1. The lowest BCUT2D eigenvalue weighted by atomic mass is 10.2. The molecule has 0 aliphatic heterocycles. The molecule has 7 nitrogen and oxygen atoms in total. The summed E-state index contributed by atoms with van der Waals surface area (Å²) in [4.78, 5) is 12.9. The predicted octanol–water partition coefficient (Wildman–Crippen LogP) is 3.35. The molecular formula is C18H28IN5O2. The monoisotopic (exact) mass is 473 g/mol. The molecule has 0 atom stereocenters. The molecule has 8 heteroatoms. The molecule has 0 aromatic carbocycles. The normalized spacial score (nSPS) is 11.0. The van der Waals surface area contributed by atoms with Gasteiger partial charge in [-0.1, -0.05) is 19.4 Å². The van der Waals surface area contributed by atoms with Crippen LogP contribution < -0.4 is 15.4 Å². The number of rotatable bonds is 8. The number of nitrogens with one attached hydrogen (secondary N) is 2.